The van der Waals surface area contributed by atoms with Gasteiger partial charge in [-0.15, -0.1) is 0 Å². The molecule has 1 aliphatic heterocycles. The minimum atomic E-state index is -3.25. The van der Waals surface area contributed by atoms with Gasteiger partial charge in [-0.2, -0.15) is 0 Å². The zero-order valence-corrected chi connectivity index (χ0v) is 16.7. The molecule has 1 saturated heterocycles. The minimum Gasteiger partial charge on any atom is -0.351 e. The topological polar surface area (TPSA) is 66.5 Å². The average Bonchev–Trinajstić information content (AvgIpc) is 3.34. The molecule has 0 atom stereocenters. The molecule has 2 fully saturated rings. The van der Waals surface area contributed by atoms with E-state index in [-0.39, 0.29) is 17.1 Å². The Labute approximate surface area is 166 Å². The smallest absolute Gasteiger partial charge is 0.251 e. The highest BCUT2D eigenvalue weighted by atomic mass is 32.2. The second-order valence-corrected chi connectivity index (χ2v) is 9.84. The molecule has 2 aliphatic rings. The first-order chi connectivity index (χ1) is 13.5. The summed E-state index contributed by atoms with van der Waals surface area (Å²) >= 11 is 0. The second kappa shape index (κ2) is 7.59. The zero-order chi connectivity index (χ0) is 19.6. The highest BCUT2D eigenvalue weighted by Gasteiger charge is 2.36. The van der Waals surface area contributed by atoms with Gasteiger partial charge in [-0.25, -0.2) is 8.42 Å². The van der Waals surface area contributed by atoms with Gasteiger partial charge >= 0.3 is 0 Å². The van der Waals surface area contributed by atoms with Crippen LogP contribution >= 0.6 is 0 Å². The number of rotatable bonds is 5. The molecule has 148 valence electrons. The predicted octanol–water partition coefficient (Wildman–Crippen LogP) is 3.47. The molecule has 0 bridgehead atoms. The molecule has 5 nitrogen and oxygen atoms in total. The fourth-order valence-corrected chi connectivity index (χ4v) is 6.05. The summed E-state index contributed by atoms with van der Waals surface area (Å²) in [6.45, 7) is 1.08. The lowest BCUT2D eigenvalue weighted by atomic mass is 9.79. The van der Waals surface area contributed by atoms with Crippen molar-refractivity contribution in [3.8, 4) is 0 Å². The number of anilines is 1. The van der Waals surface area contributed by atoms with Gasteiger partial charge in [0, 0.05) is 24.1 Å². The molecule has 0 radical (unpaired) electrons. The molecule has 2 aromatic carbocycles. The number of sulfonamides is 1. The number of carbonyl (C=O) groups is 1. The van der Waals surface area contributed by atoms with Crippen LogP contribution in [0.25, 0.3) is 0 Å². The van der Waals surface area contributed by atoms with Gasteiger partial charge in [0.15, 0.2) is 0 Å². The lowest BCUT2D eigenvalue weighted by Crippen LogP contribution is -2.39. The summed E-state index contributed by atoms with van der Waals surface area (Å²) in [6.07, 6.45) is 5.12. The summed E-state index contributed by atoms with van der Waals surface area (Å²) in [5, 5.41) is 3.11. The highest BCUT2D eigenvalue weighted by Crippen LogP contribution is 2.40. The molecular weight excluding hydrogens is 372 g/mol. The van der Waals surface area contributed by atoms with E-state index in [9.17, 15) is 13.2 Å². The Balaban J connectivity index is 1.50. The monoisotopic (exact) mass is 398 g/mol. The van der Waals surface area contributed by atoms with Crippen molar-refractivity contribution in [3.63, 3.8) is 0 Å². The van der Waals surface area contributed by atoms with Crippen molar-refractivity contribution >= 4 is 21.6 Å². The number of amides is 1. The van der Waals surface area contributed by atoms with Crippen LogP contribution in [0.2, 0.25) is 0 Å². The van der Waals surface area contributed by atoms with E-state index in [0.29, 0.717) is 30.8 Å². The van der Waals surface area contributed by atoms with Crippen molar-refractivity contribution in [2.75, 3.05) is 23.1 Å². The van der Waals surface area contributed by atoms with Crippen molar-refractivity contribution in [2.24, 2.45) is 0 Å². The number of benzene rings is 2. The molecular formula is C22H26N2O3S. The fraction of sp³-hybridized carbons (Fsp3) is 0.409. The van der Waals surface area contributed by atoms with Crippen LogP contribution in [0.5, 0.6) is 0 Å². The molecule has 1 N–H and O–H groups in total. The Kier molecular flexibility index (Phi) is 5.15. The minimum absolute atomic E-state index is 0.00712. The number of hydrogen-bond donors (Lipinski definition) is 1. The summed E-state index contributed by atoms with van der Waals surface area (Å²) in [4.78, 5) is 12.8. The van der Waals surface area contributed by atoms with Crippen molar-refractivity contribution in [1.29, 1.82) is 0 Å². The Morgan fingerprint density at radius 3 is 2.43 bits per heavy atom. The van der Waals surface area contributed by atoms with Crippen LogP contribution in [-0.2, 0) is 15.4 Å². The van der Waals surface area contributed by atoms with Crippen LogP contribution < -0.4 is 9.62 Å². The van der Waals surface area contributed by atoms with Gasteiger partial charge < -0.3 is 5.32 Å². The maximum Gasteiger partial charge on any atom is 0.251 e. The lowest BCUT2D eigenvalue weighted by molar-refractivity contribution is 0.0943. The predicted molar refractivity (Wildman–Crippen MR) is 111 cm³/mol. The molecule has 2 aromatic rings. The van der Waals surface area contributed by atoms with Crippen molar-refractivity contribution < 1.29 is 13.2 Å². The maximum atomic E-state index is 12.8. The van der Waals surface area contributed by atoms with Crippen LogP contribution in [0.3, 0.4) is 0 Å². The van der Waals surface area contributed by atoms with Crippen molar-refractivity contribution in [3.05, 3.63) is 65.7 Å². The molecule has 1 heterocycles. The number of nitrogens with zero attached hydrogens (tertiary/aromatic N) is 1. The van der Waals surface area contributed by atoms with E-state index in [1.165, 1.54) is 22.7 Å². The average molecular weight is 399 g/mol. The van der Waals surface area contributed by atoms with Gasteiger partial charge in [0.1, 0.15) is 0 Å². The largest absolute Gasteiger partial charge is 0.351 e. The van der Waals surface area contributed by atoms with E-state index in [0.717, 1.165) is 12.8 Å². The first kappa shape index (κ1) is 19.0. The fourth-order valence-electron chi connectivity index (χ4n) is 4.49. The summed E-state index contributed by atoms with van der Waals surface area (Å²) in [6, 6.07) is 17.3. The Hall–Kier alpha value is -2.34. The molecule has 28 heavy (non-hydrogen) atoms. The Morgan fingerprint density at radius 1 is 1.00 bits per heavy atom. The third-order valence-corrected chi connectivity index (χ3v) is 7.90. The standard InChI is InChI=1S/C22H26N2O3S/c25-21(18-8-6-11-20(16-18)24-14-7-15-28(24,26)27)23-17-22(12-4-5-13-22)19-9-2-1-3-10-19/h1-3,6,8-11,16H,4-5,7,12-15,17H2,(H,23,25). The Bertz CT molecular complexity index is 951. The summed E-state index contributed by atoms with van der Waals surface area (Å²) in [5.74, 6) is 0.0175. The van der Waals surface area contributed by atoms with E-state index >= 15 is 0 Å². The molecule has 0 unspecified atom stereocenters. The van der Waals surface area contributed by atoms with Crippen LogP contribution in [0.1, 0.15) is 48.0 Å². The van der Waals surface area contributed by atoms with Crippen molar-refractivity contribution in [2.45, 2.75) is 37.5 Å². The number of hydrogen-bond acceptors (Lipinski definition) is 3. The summed E-state index contributed by atoms with van der Waals surface area (Å²) in [7, 11) is -3.25. The summed E-state index contributed by atoms with van der Waals surface area (Å²) in [5.41, 5.74) is 2.35. The molecule has 6 heteroatoms. The van der Waals surface area contributed by atoms with Crippen LogP contribution in [0.15, 0.2) is 54.6 Å². The quantitative estimate of drug-likeness (QED) is 0.839. The van der Waals surface area contributed by atoms with Gasteiger partial charge in [-0.05, 0) is 43.0 Å². The molecule has 1 saturated carbocycles. The zero-order valence-electron chi connectivity index (χ0n) is 15.9. The normalized spacial score (nSPS) is 20.2. The van der Waals surface area contributed by atoms with E-state index in [1.807, 2.05) is 6.07 Å². The summed E-state index contributed by atoms with van der Waals surface area (Å²) < 4.78 is 25.7. The third kappa shape index (κ3) is 3.65. The first-order valence-corrected chi connectivity index (χ1v) is 11.6. The second-order valence-electron chi connectivity index (χ2n) is 7.83. The van der Waals surface area contributed by atoms with Gasteiger partial charge in [0.25, 0.3) is 5.91 Å². The molecule has 4 rings (SSSR count). The molecule has 0 spiro atoms. The maximum absolute atomic E-state index is 12.8. The van der Waals surface area contributed by atoms with Crippen molar-refractivity contribution in [1.82, 2.24) is 5.32 Å². The molecule has 0 aromatic heterocycles. The lowest BCUT2D eigenvalue weighted by Gasteiger charge is -2.30. The van der Waals surface area contributed by atoms with Crippen LogP contribution in [-0.4, -0.2) is 33.2 Å². The van der Waals surface area contributed by atoms with Gasteiger partial charge in [-0.3, -0.25) is 9.10 Å². The molecule has 1 amide bonds. The van der Waals surface area contributed by atoms with Gasteiger partial charge in [0.2, 0.25) is 10.0 Å². The van der Waals surface area contributed by atoms with E-state index in [4.69, 9.17) is 0 Å². The molecule has 1 aliphatic carbocycles. The van der Waals surface area contributed by atoms with Crippen LogP contribution in [0, 0.1) is 0 Å². The van der Waals surface area contributed by atoms with E-state index in [2.05, 4.69) is 29.6 Å². The van der Waals surface area contributed by atoms with Crippen LogP contribution in [0.4, 0.5) is 5.69 Å². The van der Waals surface area contributed by atoms with E-state index < -0.39 is 10.0 Å². The highest BCUT2D eigenvalue weighted by molar-refractivity contribution is 7.93. The van der Waals surface area contributed by atoms with E-state index in [1.54, 1.807) is 24.3 Å². The number of nitrogens with one attached hydrogen (secondary N) is 1. The first-order valence-electron chi connectivity index (χ1n) is 9.94. The Morgan fingerprint density at radius 2 is 1.75 bits per heavy atom. The van der Waals surface area contributed by atoms with Gasteiger partial charge in [0.05, 0.1) is 11.4 Å². The number of carbonyl (C=O) groups excluding carboxylic acids is 1. The SMILES string of the molecule is O=C(NCC1(c2ccccc2)CCCC1)c1cccc(N2CCCS2(=O)=O)c1. The van der Waals surface area contributed by atoms with Gasteiger partial charge in [-0.1, -0.05) is 49.2 Å². The third-order valence-electron chi connectivity index (χ3n) is 6.03.